The Morgan fingerprint density at radius 1 is 0.595 bits per heavy atom. The van der Waals surface area contributed by atoms with Gasteiger partial charge in [0.05, 0.1) is 0 Å². The molecule has 37 heavy (non-hydrogen) atoms. The van der Waals surface area contributed by atoms with Gasteiger partial charge in [0, 0.05) is 25.9 Å². The summed E-state index contributed by atoms with van der Waals surface area (Å²) in [4.78, 5) is 37.1. The van der Waals surface area contributed by atoms with E-state index < -0.39 is 6.04 Å². The van der Waals surface area contributed by atoms with Gasteiger partial charge < -0.3 is 16.0 Å². The molecule has 0 rings (SSSR count). The maximum Gasteiger partial charge on any atom is 0.242 e. The fourth-order valence-electron chi connectivity index (χ4n) is 4.24. The van der Waals surface area contributed by atoms with E-state index in [-0.39, 0.29) is 24.1 Å². The summed E-state index contributed by atoms with van der Waals surface area (Å²) in [5.74, 6) is -0.336. The van der Waals surface area contributed by atoms with Crippen LogP contribution in [0.3, 0.4) is 0 Å². The van der Waals surface area contributed by atoms with Gasteiger partial charge in [-0.25, -0.2) is 0 Å². The van der Waals surface area contributed by atoms with Crippen LogP contribution in [0.1, 0.15) is 149 Å². The number of amides is 3. The minimum atomic E-state index is -0.644. The number of unbranched alkanes of at least 4 members (excludes halogenated alkanes) is 13. The predicted molar refractivity (Wildman–Crippen MR) is 156 cm³/mol. The molecule has 0 aliphatic heterocycles. The molecular formula is C31H59N3O3. The highest BCUT2D eigenvalue weighted by molar-refractivity contribution is 5.88. The largest absolute Gasteiger partial charge is 0.356 e. The van der Waals surface area contributed by atoms with E-state index in [1.54, 1.807) is 0 Å². The Kier molecular flexibility index (Phi) is 25.8. The van der Waals surface area contributed by atoms with Crippen LogP contribution in [0.2, 0.25) is 0 Å². The van der Waals surface area contributed by atoms with Crippen molar-refractivity contribution < 1.29 is 14.4 Å². The third-order valence-electron chi connectivity index (χ3n) is 6.67. The van der Waals surface area contributed by atoms with Gasteiger partial charge in [0.2, 0.25) is 17.7 Å². The van der Waals surface area contributed by atoms with Gasteiger partial charge in [-0.1, -0.05) is 104 Å². The van der Waals surface area contributed by atoms with Gasteiger partial charge in [-0.15, -0.1) is 0 Å². The van der Waals surface area contributed by atoms with Crippen LogP contribution >= 0.6 is 0 Å². The van der Waals surface area contributed by atoms with Crippen LogP contribution < -0.4 is 16.0 Å². The lowest BCUT2D eigenvalue weighted by Crippen LogP contribution is -2.47. The number of nitrogens with one attached hydrogen (secondary N) is 3. The molecule has 0 saturated carbocycles. The maximum absolute atomic E-state index is 12.6. The van der Waals surface area contributed by atoms with Crippen molar-refractivity contribution in [1.29, 1.82) is 0 Å². The first-order valence-electron chi connectivity index (χ1n) is 15.5. The fourth-order valence-corrected chi connectivity index (χ4v) is 4.24. The van der Waals surface area contributed by atoms with Gasteiger partial charge in [0.1, 0.15) is 6.04 Å². The summed E-state index contributed by atoms with van der Waals surface area (Å²) in [5, 5.41) is 8.66. The Morgan fingerprint density at radius 3 is 1.70 bits per heavy atom. The highest BCUT2D eigenvalue weighted by Gasteiger charge is 2.21. The zero-order valence-electron chi connectivity index (χ0n) is 24.5. The van der Waals surface area contributed by atoms with E-state index in [1.807, 2.05) is 0 Å². The molecule has 6 heteroatoms. The quantitative estimate of drug-likeness (QED) is 0.0836. The molecule has 0 aliphatic carbocycles. The average Bonchev–Trinajstić information content (AvgIpc) is 2.89. The molecule has 0 radical (unpaired) electrons. The first kappa shape index (κ1) is 35.2. The molecule has 0 spiro atoms. The normalized spacial score (nSPS) is 12.0. The van der Waals surface area contributed by atoms with E-state index in [4.69, 9.17) is 0 Å². The molecule has 0 unspecified atom stereocenters. The summed E-state index contributed by atoms with van der Waals surface area (Å²) in [6, 6.07) is -0.644. The molecule has 0 saturated heterocycles. The second-order valence-corrected chi connectivity index (χ2v) is 10.3. The molecule has 3 amide bonds. The predicted octanol–water partition coefficient (Wildman–Crippen LogP) is 7.12. The zero-order valence-corrected chi connectivity index (χ0v) is 24.5. The molecule has 6 nitrogen and oxygen atoms in total. The Bertz CT molecular complexity index is 592. The molecule has 0 aromatic heterocycles. The maximum atomic E-state index is 12.6. The summed E-state index contributed by atoms with van der Waals surface area (Å²) in [7, 11) is 0. The number of hydrogen-bond donors (Lipinski definition) is 3. The fraction of sp³-hybridized carbons (Fsp3) is 0.839. The molecule has 216 valence electrons. The number of carbonyl (C=O) groups excluding carboxylic acids is 3. The molecule has 1 atom stereocenters. The molecule has 0 heterocycles. The second kappa shape index (κ2) is 27.2. The van der Waals surface area contributed by atoms with Gasteiger partial charge >= 0.3 is 0 Å². The molecule has 0 aromatic carbocycles. The molecular weight excluding hydrogens is 462 g/mol. The lowest BCUT2D eigenvalue weighted by atomic mass is 10.0. The Labute approximate surface area is 228 Å². The van der Waals surface area contributed by atoms with Crippen molar-refractivity contribution >= 4 is 17.7 Å². The van der Waals surface area contributed by atoms with Gasteiger partial charge in [-0.3, -0.25) is 14.4 Å². The van der Waals surface area contributed by atoms with E-state index in [0.717, 1.165) is 51.4 Å². The summed E-state index contributed by atoms with van der Waals surface area (Å²) >= 11 is 0. The van der Waals surface area contributed by atoms with Crippen molar-refractivity contribution in [3.8, 4) is 0 Å². The molecule has 0 bridgehead atoms. The van der Waals surface area contributed by atoms with Crippen LogP contribution in [0.5, 0.6) is 0 Å². The van der Waals surface area contributed by atoms with Crippen LogP contribution in [0.15, 0.2) is 12.2 Å². The van der Waals surface area contributed by atoms with Crippen LogP contribution in [0, 0.1) is 0 Å². The first-order valence-corrected chi connectivity index (χ1v) is 15.5. The van der Waals surface area contributed by atoms with Gasteiger partial charge in [0.25, 0.3) is 0 Å². The minimum absolute atomic E-state index is 0.0612. The Morgan fingerprint density at radius 2 is 1.14 bits per heavy atom. The standard InChI is InChI=1S/C31H59N3O3/c1-4-7-10-11-12-13-14-15-16-17-18-19-20-21-22-23-30(36)34-28(31(37)33-27-9-6-3)24-25-29(35)32-26-8-5-2/h7,10,28H,4-6,8-9,11-27H2,1-3H3,(H,32,35)(H,33,37)(H,34,36)/b10-7+/t28-/m0/s1. The van der Waals surface area contributed by atoms with Crippen molar-refractivity contribution in [3.63, 3.8) is 0 Å². The number of carbonyl (C=O) groups is 3. The number of rotatable bonds is 26. The van der Waals surface area contributed by atoms with E-state index in [1.165, 1.54) is 57.8 Å². The molecule has 0 fully saturated rings. The lowest BCUT2D eigenvalue weighted by molar-refractivity contribution is -0.129. The summed E-state index contributed by atoms with van der Waals surface area (Å²) in [6.45, 7) is 7.59. The zero-order chi connectivity index (χ0) is 27.4. The van der Waals surface area contributed by atoms with Crippen LogP contribution in [-0.4, -0.2) is 36.9 Å². The smallest absolute Gasteiger partial charge is 0.242 e. The average molecular weight is 522 g/mol. The second-order valence-electron chi connectivity index (χ2n) is 10.3. The highest BCUT2D eigenvalue weighted by atomic mass is 16.2. The van der Waals surface area contributed by atoms with Crippen molar-refractivity contribution in [2.75, 3.05) is 13.1 Å². The Hall–Kier alpha value is -1.85. The van der Waals surface area contributed by atoms with Crippen molar-refractivity contribution in [1.82, 2.24) is 16.0 Å². The summed E-state index contributed by atoms with van der Waals surface area (Å²) in [5.41, 5.74) is 0. The highest BCUT2D eigenvalue weighted by Crippen LogP contribution is 2.13. The van der Waals surface area contributed by atoms with E-state index in [9.17, 15) is 14.4 Å². The van der Waals surface area contributed by atoms with Crippen molar-refractivity contribution in [2.24, 2.45) is 0 Å². The Balaban J connectivity index is 3.98. The molecule has 0 aliphatic rings. The van der Waals surface area contributed by atoms with Crippen LogP contribution in [-0.2, 0) is 14.4 Å². The van der Waals surface area contributed by atoms with Crippen LogP contribution in [0.4, 0.5) is 0 Å². The first-order chi connectivity index (χ1) is 18.0. The third-order valence-corrected chi connectivity index (χ3v) is 6.67. The number of hydrogen-bond acceptors (Lipinski definition) is 3. The SMILES string of the molecule is CC/C=C/CCCCCCCCCCCCCC(=O)N[C@@H](CCC(=O)NCCCC)C(=O)NCCCC. The van der Waals surface area contributed by atoms with E-state index in [0.29, 0.717) is 25.9 Å². The van der Waals surface area contributed by atoms with Crippen molar-refractivity contribution in [2.45, 2.75) is 155 Å². The van der Waals surface area contributed by atoms with Crippen LogP contribution in [0.25, 0.3) is 0 Å². The number of allylic oxidation sites excluding steroid dienone is 2. The minimum Gasteiger partial charge on any atom is -0.356 e. The summed E-state index contributed by atoms with van der Waals surface area (Å²) < 4.78 is 0. The lowest BCUT2D eigenvalue weighted by Gasteiger charge is -2.18. The van der Waals surface area contributed by atoms with Gasteiger partial charge in [0.15, 0.2) is 0 Å². The van der Waals surface area contributed by atoms with Crippen molar-refractivity contribution in [3.05, 3.63) is 12.2 Å². The monoisotopic (exact) mass is 521 g/mol. The van der Waals surface area contributed by atoms with E-state index >= 15 is 0 Å². The van der Waals surface area contributed by atoms with Gasteiger partial charge in [-0.05, 0) is 44.9 Å². The molecule has 0 aromatic rings. The topological polar surface area (TPSA) is 87.3 Å². The van der Waals surface area contributed by atoms with E-state index in [2.05, 4.69) is 48.9 Å². The molecule has 3 N–H and O–H groups in total. The third kappa shape index (κ3) is 24.3. The summed E-state index contributed by atoms with van der Waals surface area (Å²) in [6.07, 6.45) is 25.4. The van der Waals surface area contributed by atoms with Gasteiger partial charge in [-0.2, -0.15) is 0 Å².